The van der Waals surface area contributed by atoms with Crippen LogP contribution in [-0.2, 0) is 4.79 Å². The van der Waals surface area contributed by atoms with Crippen molar-refractivity contribution in [2.45, 2.75) is 19.8 Å². The molecular weight excluding hydrogens is 294 g/mol. The number of hydrogen-bond donors (Lipinski definition) is 2. The van der Waals surface area contributed by atoms with Gasteiger partial charge < -0.3 is 10.6 Å². The smallest absolute Gasteiger partial charge is 0.245 e. The second-order valence-corrected chi connectivity index (χ2v) is 5.36. The Morgan fingerprint density at radius 1 is 1.30 bits per heavy atom. The molecule has 0 bridgehead atoms. The first-order valence-electron chi connectivity index (χ1n) is 6.19. The highest BCUT2D eigenvalue weighted by Gasteiger charge is 2.08. The van der Waals surface area contributed by atoms with Crippen molar-refractivity contribution < 1.29 is 4.79 Å². The molecule has 108 valence electrons. The van der Waals surface area contributed by atoms with Crippen LogP contribution in [0.25, 0.3) is 0 Å². The van der Waals surface area contributed by atoms with E-state index in [1.54, 1.807) is 0 Å². The van der Waals surface area contributed by atoms with E-state index in [1.165, 1.54) is 11.3 Å². The largest absolute Gasteiger partial charge is 0.376 e. The topological polar surface area (TPSA) is 54.0 Å². The van der Waals surface area contributed by atoms with Crippen molar-refractivity contribution >= 4 is 40.5 Å². The molecule has 2 rings (SSSR count). The van der Waals surface area contributed by atoms with Crippen molar-refractivity contribution in [1.29, 1.82) is 0 Å². The average Bonchev–Trinajstić information content (AvgIpc) is 2.86. The number of carbonyl (C=O) groups excluding carboxylic acids is 1. The van der Waals surface area contributed by atoms with Gasteiger partial charge in [0.2, 0.25) is 5.91 Å². The van der Waals surface area contributed by atoms with Crippen LogP contribution < -0.4 is 10.6 Å². The third kappa shape index (κ3) is 4.83. The van der Waals surface area contributed by atoms with Crippen molar-refractivity contribution in [3.63, 3.8) is 0 Å². The Balaban J connectivity index is 0.00000200. The van der Waals surface area contributed by atoms with Crippen LogP contribution in [0, 0.1) is 0 Å². The summed E-state index contributed by atoms with van der Waals surface area (Å²) in [5, 5.41) is 8.49. The molecule has 20 heavy (non-hydrogen) atoms. The molecule has 0 atom stereocenters. The molecule has 1 aromatic carbocycles. The maximum absolute atomic E-state index is 11.8. The zero-order valence-electron chi connectivity index (χ0n) is 11.4. The number of halogens is 1. The molecule has 2 aromatic rings. The minimum absolute atomic E-state index is 0. The molecule has 1 heterocycles. The number of benzene rings is 1. The lowest BCUT2D eigenvalue weighted by atomic mass is 10.2. The van der Waals surface area contributed by atoms with E-state index in [1.807, 2.05) is 35.7 Å². The van der Waals surface area contributed by atoms with Crippen LogP contribution in [0.2, 0.25) is 0 Å². The summed E-state index contributed by atoms with van der Waals surface area (Å²) in [6.45, 7) is 4.40. The van der Waals surface area contributed by atoms with Gasteiger partial charge >= 0.3 is 0 Å². The Labute approximate surface area is 129 Å². The van der Waals surface area contributed by atoms with Crippen LogP contribution in [-0.4, -0.2) is 17.4 Å². The zero-order chi connectivity index (χ0) is 13.7. The van der Waals surface area contributed by atoms with Crippen LogP contribution in [0.15, 0.2) is 35.7 Å². The molecule has 1 amide bonds. The van der Waals surface area contributed by atoms with Gasteiger partial charge in [-0.25, -0.2) is 4.98 Å². The Hall–Kier alpha value is -1.59. The van der Waals surface area contributed by atoms with E-state index in [4.69, 9.17) is 0 Å². The second-order valence-electron chi connectivity index (χ2n) is 4.50. The number of anilines is 2. The van der Waals surface area contributed by atoms with E-state index < -0.39 is 0 Å². The number of hydrogen-bond acceptors (Lipinski definition) is 4. The summed E-state index contributed by atoms with van der Waals surface area (Å²) in [5.41, 5.74) is 1.94. The number of thiazole rings is 1. The van der Waals surface area contributed by atoms with Gasteiger partial charge in [-0.15, -0.1) is 23.7 Å². The molecule has 6 heteroatoms. The van der Waals surface area contributed by atoms with Crippen LogP contribution in [0.1, 0.15) is 25.5 Å². The van der Waals surface area contributed by atoms with Crippen LogP contribution >= 0.6 is 23.7 Å². The van der Waals surface area contributed by atoms with Crippen LogP contribution in [0.3, 0.4) is 0 Å². The summed E-state index contributed by atoms with van der Waals surface area (Å²) >= 11 is 1.46. The van der Waals surface area contributed by atoms with Gasteiger partial charge in [0.1, 0.15) is 0 Å². The van der Waals surface area contributed by atoms with E-state index in [9.17, 15) is 4.79 Å². The van der Waals surface area contributed by atoms with E-state index in [0.29, 0.717) is 11.0 Å². The van der Waals surface area contributed by atoms with Crippen LogP contribution in [0.4, 0.5) is 10.8 Å². The number of carbonyl (C=O) groups is 1. The predicted octanol–water partition coefficient (Wildman–Crippen LogP) is 3.74. The summed E-state index contributed by atoms with van der Waals surface area (Å²) in [6, 6.07) is 9.64. The first kappa shape index (κ1) is 16.5. The van der Waals surface area contributed by atoms with Gasteiger partial charge in [0.05, 0.1) is 12.2 Å². The van der Waals surface area contributed by atoms with Gasteiger partial charge in [0.15, 0.2) is 5.13 Å². The fraction of sp³-hybridized carbons (Fsp3) is 0.286. The monoisotopic (exact) mass is 311 g/mol. The Morgan fingerprint density at radius 2 is 2.00 bits per heavy atom. The van der Waals surface area contributed by atoms with Crippen molar-refractivity contribution in [3.05, 3.63) is 41.4 Å². The van der Waals surface area contributed by atoms with Gasteiger partial charge in [0.25, 0.3) is 0 Å². The standard InChI is InChI=1S/C14H17N3OS.ClH/c1-10(2)12-9-19-14(16-12)17-13(18)8-15-11-6-4-3-5-7-11;/h3-7,9-10,15H,8H2,1-2H3,(H,16,17,18);1H. The maximum atomic E-state index is 11.8. The molecular formula is C14H18ClN3OS. The SMILES string of the molecule is CC(C)c1csc(NC(=O)CNc2ccccc2)n1.Cl. The van der Waals surface area contributed by atoms with Gasteiger partial charge in [0, 0.05) is 11.1 Å². The Kier molecular flexibility index (Phi) is 6.48. The Morgan fingerprint density at radius 3 is 2.60 bits per heavy atom. The lowest BCUT2D eigenvalue weighted by Crippen LogP contribution is -2.21. The number of nitrogens with one attached hydrogen (secondary N) is 2. The highest BCUT2D eigenvalue weighted by Crippen LogP contribution is 2.21. The van der Waals surface area contributed by atoms with E-state index in [2.05, 4.69) is 29.5 Å². The third-order valence-electron chi connectivity index (χ3n) is 2.59. The molecule has 0 aliphatic rings. The molecule has 0 aliphatic heterocycles. The lowest BCUT2D eigenvalue weighted by molar-refractivity contribution is -0.114. The minimum atomic E-state index is -0.0893. The summed E-state index contributed by atoms with van der Waals surface area (Å²) < 4.78 is 0. The fourth-order valence-corrected chi connectivity index (χ4v) is 2.40. The second kappa shape index (κ2) is 7.87. The Bertz CT molecular complexity index is 542. The molecule has 0 radical (unpaired) electrons. The van der Waals surface area contributed by atoms with Gasteiger partial charge in [-0.2, -0.15) is 0 Å². The molecule has 0 spiro atoms. The molecule has 1 aromatic heterocycles. The van der Waals surface area contributed by atoms with Crippen molar-refractivity contribution in [2.24, 2.45) is 0 Å². The van der Waals surface area contributed by atoms with E-state index in [0.717, 1.165) is 11.4 Å². The molecule has 0 aliphatic carbocycles. The van der Waals surface area contributed by atoms with Crippen molar-refractivity contribution in [2.75, 3.05) is 17.2 Å². The molecule has 0 fully saturated rings. The molecule has 0 saturated carbocycles. The third-order valence-corrected chi connectivity index (χ3v) is 3.36. The van der Waals surface area contributed by atoms with E-state index >= 15 is 0 Å². The molecule has 4 nitrogen and oxygen atoms in total. The van der Waals surface area contributed by atoms with E-state index in [-0.39, 0.29) is 24.9 Å². The van der Waals surface area contributed by atoms with Crippen molar-refractivity contribution in [1.82, 2.24) is 4.98 Å². The highest BCUT2D eigenvalue weighted by atomic mass is 35.5. The van der Waals surface area contributed by atoms with Gasteiger partial charge in [-0.3, -0.25) is 4.79 Å². The molecule has 0 unspecified atom stereocenters. The number of rotatable bonds is 5. The number of aromatic nitrogens is 1. The van der Waals surface area contributed by atoms with Gasteiger partial charge in [-0.05, 0) is 18.1 Å². The summed E-state index contributed by atoms with van der Waals surface area (Å²) in [7, 11) is 0. The summed E-state index contributed by atoms with van der Waals surface area (Å²) in [6.07, 6.45) is 0. The molecule has 2 N–H and O–H groups in total. The highest BCUT2D eigenvalue weighted by molar-refractivity contribution is 7.13. The summed E-state index contributed by atoms with van der Waals surface area (Å²) in [4.78, 5) is 16.1. The average molecular weight is 312 g/mol. The van der Waals surface area contributed by atoms with Crippen molar-refractivity contribution in [3.8, 4) is 0 Å². The first-order valence-corrected chi connectivity index (χ1v) is 7.07. The predicted molar refractivity (Wildman–Crippen MR) is 87.0 cm³/mol. The normalized spacial score (nSPS) is 9.95. The zero-order valence-corrected chi connectivity index (χ0v) is 13.1. The lowest BCUT2D eigenvalue weighted by Gasteiger charge is -2.05. The summed E-state index contributed by atoms with van der Waals surface area (Å²) in [5.74, 6) is 0.290. The number of amides is 1. The fourth-order valence-electron chi connectivity index (χ4n) is 1.51. The van der Waals surface area contributed by atoms with Crippen LogP contribution in [0.5, 0.6) is 0 Å². The first-order chi connectivity index (χ1) is 9.15. The number of nitrogens with zero attached hydrogens (tertiary/aromatic N) is 1. The quantitative estimate of drug-likeness (QED) is 0.884. The maximum Gasteiger partial charge on any atom is 0.245 e. The minimum Gasteiger partial charge on any atom is -0.376 e. The number of para-hydroxylation sites is 1. The van der Waals surface area contributed by atoms with Gasteiger partial charge in [-0.1, -0.05) is 32.0 Å². The molecule has 0 saturated heterocycles.